The molecule has 1 aliphatic heterocycles. The summed E-state index contributed by atoms with van der Waals surface area (Å²) in [5, 5.41) is 2.89. The quantitative estimate of drug-likeness (QED) is 0.385. The summed E-state index contributed by atoms with van der Waals surface area (Å²) < 4.78 is 15.4. The molecule has 0 unspecified atom stereocenters. The van der Waals surface area contributed by atoms with E-state index in [1.54, 1.807) is 0 Å². The number of aromatic nitrogens is 1. The van der Waals surface area contributed by atoms with Gasteiger partial charge in [-0.2, -0.15) is 0 Å². The maximum Gasteiger partial charge on any atom is 0.320 e. The molecule has 0 saturated carbocycles. The SMILES string of the molecule is COCCOC(=O)CN1CC[C@@H](NC(=O)c2cc(Cl)c(N)[nH]c2=O)[C@@H](OC)C1. The number of pyridine rings is 1. The normalized spacial score (nSPS) is 20.0. The van der Waals surface area contributed by atoms with Crippen molar-refractivity contribution in [1.29, 1.82) is 0 Å². The third-order valence-corrected chi connectivity index (χ3v) is 4.74. The van der Waals surface area contributed by atoms with E-state index in [2.05, 4.69) is 10.3 Å². The second kappa shape index (κ2) is 10.4. The molecule has 1 aromatic heterocycles. The van der Waals surface area contributed by atoms with Gasteiger partial charge in [0.2, 0.25) is 0 Å². The number of ether oxygens (including phenoxy) is 3. The Hall–Kier alpha value is -2.14. The number of nitrogens with zero attached hydrogens (tertiary/aromatic N) is 1. The smallest absolute Gasteiger partial charge is 0.320 e. The van der Waals surface area contributed by atoms with Crippen molar-refractivity contribution in [2.45, 2.75) is 18.6 Å². The lowest BCUT2D eigenvalue weighted by atomic mass is 10.0. The number of hydrogen-bond donors (Lipinski definition) is 3. The number of anilines is 1. The third kappa shape index (κ3) is 5.93. The van der Waals surface area contributed by atoms with E-state index in [0.717, 1.165) is 0 Å². The van der Waals surface area contributed by atoms with Crippen molar-refractivity contribution in [3.63, 3.8) is 0 Å². The van der Waals surface area contributed by atoms with Gasteiger partial charge in [0.15, 0.2) is 0 Å². The first kappa shape index (κ1) is 22.2. The van der Waals surface area contributed by atoms with Crippen LogP contribution >= 0.6 is 11.6 Å². The van der Waals surface area contributed by atoms with Crippen LogP contribution in [0.1, 0.15) is 16.8 Å². The molecule has 1 fully saturated rings. The van der Waals surface area contributed by atoms with Crippen LogP contribution in [0.3, 0.4) is 0 Å². The molecule has 28 heavy (non-hydrogen) atoms. The Morgan fingerprint density at radius 3 is 2.82 bits per heavy atom. The summed E-state index contributed by atoms with van der Waals surface area (Å²) in [4.78, 5) is 40.5. The van der Waals surface area contributed by atoms with Crippen molar-refractivity contribution >= 4 is 29.3 Å². The number of rotatable bonds is 8. The Labute approximate surface area is 167 Å². The Bertz CT molecular complexity index is 756. The Kier molecular flexibility index (Phi) is 8.24. The molecule has 1 aromatic rings. The number of piperidine rings is 1. The van der Waals surface area contributed by atoms with Gasteiger partial charge in [-0.05, 0) is 12.5 Å². The first-order valence-corrected chi connectivity index (χ1v) is 9.12. The molecular weight excluding hydrogens is 392 g/mol. The molecule has 156 valence electrons. The molecule has 1 aliphatic rings. The predicted octanol–water partition coefficient (Wildman–Crippen LogP) is -0.381. The van der Waals surface area contributed by atoms with E-state index in [1.165, 1.54) is 20.3 Å². The summed E-state index contributed by atoms with van der Waals surface area (Å²) >= 11 is 5.88. The van der Waals surface area contributed by atoms with Crippen LogP contribution in [0.2, 0.25) is 5.02 Å². The average molecular weight is 417 g/mol. The van der Waals surface area contributed by atoms with Crippen molar-refractivity contribution < 1.29 is 23.8 Å². The second-order valence-electron chi connectivity index (χ2n) is 6.36. The summed E-state index contributed by atoms with van der Waals surface area (Å²) in [6.45, 7) is 1.66. The van der Waals surface area contributed by atoms with Gasteiger partial charge in [-0.3, -0.25) is 19.3 Å². The van der Waals surface area contributed by atoms with E-state index in [9.17, 15) is 14.4 Å². The monoisotopic (exact) mass is 416 g/mol. The number of esters is 1. The fourth-order valence-electron chi connectivity index (χ4n) is 2.93. The number of carbonyl (C=O) groups is 2. The molecule has 0 radical (unpaired) electrons. The topological polar surface area (TPSA) is 136 Å². The van der Waals surface area contributed by atoms with Crippen LogP contribution in [0, 0.1) is 0 Å². The zero-order chi connectivity index (χ0) is 20.7. The first-order valence-electron chi connectivity index (χ1n) is 8.74. The lowest BCUT2D eigenvalue weighted by molar-refractivity contribution is -0.147. The van der Waals surface area contributed by atoms with E-state index in [-0.39, 0.29) is 47.7 Å². The molecule has 0 aliphatic carbocycles. The maximum absolute atomic E-state index is 12.5. The minimum absolute atomic E-state index is 0.00341. The van der Waals surface area contributed by atoms with E-state index in [1.807, 2.05) is 4.90 Å². The maximum atomic E-state index is 12.5. The van der Waals surface area contributed by atoms with Crippen LogP contribution in [0.25, 0.3) is 0 Å². The van der Waals surface area contributed by atoms with E-state index < -0.39 is 11.5 Å². The van der Waals surface area contributed by atoms with Gasteiger partial charge in [-0.15, -0.1) is 0 Å². The Morgan fingerprint density at radius 2 is 2.14 bits per heavy atom. The number of H-pyrrole nitrogens is 1. The van der Waals surface area contributed by atoms with Crippen molar-refractivity contribution in [3.05, 3.63) is 27.0 Å². The minimum Gasteiger partial charge on any atom is -0.462 e. The molecule has 0 bridgehead atoms. The van der Waals surface area contributed by atoms with Crippen LogP contribution < -0.4 is 16.6 Å². The summed E-state index contributed by atoms with van der Waals surface area (Å²) in [5.74, 6) is -0.913. The Morgan fingerprint density at radius 1 is 1.39 bits per heavy atom. The van der Waals surface area contributed by atoms with Gasteiger partial charge < -0.3 is 30.2 Å². The lowest BCUT2D eigenvalue weighted by Crippen LogP contribution is -2.56. The van der Waals surface area contributed by atoms with Crippen LogP contribution in [0.4, 0.5) is 5.82 Å². The summed E-state index contributed by atoms with van der Waals surface area (Å²) in [6, 6.07) is 0.909. The van der Waals surface area contributed by atoms with Gasteiger partial charge >= 0.3 is 5.97 Å². The van der Waals surface area contributed by atoms with Crippen molar-refractivity contribution in [2.75, 3.05) is 52.8 Å². The van der Waals surface area contributed by atoms with E-state index in [4.69, 9.17) is 31.5 Å². The minimum atomic E-state index is -0.621. The van der Waals surface area contributed by atoms with Crippen LogP contribution in [-0.2, 0) is 19.0 Å². The number of halogens is 1. The molecule has 11 heteroatoms. The number of methoxy groups -OCH3 is 2. The number of aromatic amines is 1. The van der Waals surface area contributed by atoms with E-state index >= 15 is 0 Å². The number of hydrogen-bond acceptors (Lipinski definition) is 8. The molecule has 1 saturated heterocycles. The van der Waals surface area contributed by atoms with Crippen molar-refractivity contribution in [3.8, 4) is 0 Å². The first-order chi connectivity index (χ1) is 13.3. The molecule has 0 aromatic carbocycles. The summed E-state index contributed by atoms with van der Waals surface area (Å²) in [5.41, 5.74) is 4.77. The van der Waals surface area contributed by atoms with Gasteiger partial charge in [0.05, 0.1) is 30.3 Å². The lowest BCUT2D eigenvalue weighted by Gasteiger charge is -2.37. The van der Waals surface area contributed by atoms with Gasteiger partial charge in [0, 0.05) is 27.3 Å². The highest BCUT2D eigenvalue weighted by Gasteiger charge is 2.32. The summed E-state index contributed by atoms with van der Waals surface area (Å²) in [6.07, 6.45) is 0.184. The number of carbonyl (C=O) groups excluding carboxylic acids is 2. The fourth-order valence-corrected chi connectivity index (χ4v) is 3.09. The molecule has 2 rings (SSSR count). The molecule has 0 spiro atoms. The van der Waals surface area contributed by atoms with Gasteiger partial charge in [-0.1, -0.05) is 11.6 Å². The fraction of sp³-hybridized carbons (Fsp3) is 0.588. The van der Waals surface area contributed by atoms with Crippen LogP contribution in [-0.4, -0.2) is 81.0 Å². The van der Waals surface area contributed by atoms with Crippen molar-refractivity contribution in [1.82, 2.24) is 15.2 Å². The zero-order valence-electron chi connectivity index (χ0n) is 15.8. The Balaban J connectivity index is 1.94. The molecule has 2 atom stereocenters. The largest absolute Gasteiger partial charge is 0.462 e. The zero-order valence-corrected chi connectivity index (χ0v) is 16.6. The molecule has 2 heterocycles. The second-order valence-corrected chi connectivity index (χ2v) is 6.77. The number of nitrogens with one attached hydrogen (secondary N) is 2. The van der Waals surface area contributed by atoms with Crippen molar-refractivity contribution in [2.24, 2.45) is 0 Å². The highest BCUT2D eigenvalue weighted by molar-refractivity contribution is 6.33. The van der Waals surface area contributed by atoms with Crippen LogP contribution in [0.15, 0.2) is 10.9 Å². The van der Waals surface area contributed by atoms with Gasteiger partial charge in [0.25, 0.3) is 11.5 Å². The predicted molar refractivity (Wildman–Crippen MR) is 102 cm³/mol. The summed E-state index contributed by atoms with van der Waals surface area (Å²) in [7, 11) is 3.05. The molecule has 10 nitrogen and oxygen atoms in total. The van der Waals surface area contributed by atoms with Gasteiger partial charge in [-0.25, -0.2) is 0 Å². The molecule has 1 amide bonds. The van der Waals surface area contributed by atoms with E-state index in [0.29, 0.717) is 26.1 Å². The number of likely N-dealkylation sites (tertiary alicyclic amines) is 1. The molecular formula is C17H25ClN4O6. The number of nitrogens with two attached hydrogens (primary N) is 1. The third-order valence-electron chi connectivity index (χ3n) is 4.43. The molecule has 4 N–H and O–H groups in total. The number of amides is 1. The number of nitrogen functional groups attached to an aromatic ring is 1. The standard InChI is InChI=1S/C17H25ClN4O6/c1-26-5-6-28-14(23)9-22-4-3-12(13(8-22)27-2)20-16(24)10-7-11(18)15(19)21-17(10)25/h7,12-13H,3-6,8-9H2,1-2H3,(H,20,24)(H3,19,21,25)/t12-,13+/m1/s1. The highest BCUT2D eigenvalue weighted by atomic mass is 35.5. The highest BCUT2D eigenvalue weighted by Crippen LogP contribution is 2.17. The van der Waals surface area contributed by atoms with Crippen LogP contribution in [0.5, 0.6) is 0 Å². The van der Waals surface area contributed by atoms with Gasteiger partial charge in [0.1, 0.15) is 18.0 Å². The average Bonchev–Trinajstić information content (AvgIpc) is 2.66.